The molecule has 0 fully saturated rings. The van der Waals surface area contributed by atoms with Crippen molar-refractivity contribution in [3.05, 3.63) is 95.4 Å². The van der Waals surface area contributed by atoms with Crippen molar-refractivity contribution in [1.29, 1.82) is 5.41 Å². The molecule has 0 radical (unpaired) electrons. The Morgan fingerprint density at radius 1 is 0.935 bits per heavy atom. The number of rotatable bonds is 7. The smallest absolute Gasteiger partial charge is 0.343 e. The highest BCUT2D eigenvalue weighted by Gasteiger charge is 2.12. The Morgan fingerprint density at radius 3 is 2.29 bits per heavy atom. The van der Waals surface area contributed by atoms with Crippen LogP contribution in [0.4, 0.5) is 5.69 Å². The third kappa shape index (κ3) is 6.72. The molecule has 0 unspecified atom stereocenters. The Morgan fingerprint density at radius 2 is 1.61 bits per heavy atom. The van der Waals surface area contributed by atoms with Gasteiger partial charge in [-0.15, -0.1) is 0 Å². The molecule has 158 valence electrons. The van der Waals surface area contributed by atoms with Crippen LogP contribution in [0, 0.1) is 5.41 Å². The van der Waals surface area contributed by atoms with E-state index in [2.05, 4.69) is 5.32 Å². The Hall–Kier alpha value is -4.11. The first-order valence-electron chi connectivity index (χ1n) is 9.02. The average Bonchev–Trinajstić information content (AvgIpc) is 2.73. The molecular weight excluding hydrogens is 418 g/mol. The molecule has 0 saturated heterocycles. The minimum atomic E-state index is -4.00. The van der Waals surface area contributed by atoms with Gasteiger partial charge in [0, 0.05) is 11.8 Å². The van der Waals surface area contributed by atoms with Gasteiger partial charge in [-0.25, -0.2) is 4.79 Å². The van der Waals surface area contributed by atoms with E-state index in [1.165, 1.54) is 42.5 Å². The van der Waals surface area contributed by atoms with Gasteiger partial charge in [-0.05, 0) is 48.0 Å². The van der Waals surface area contributed by atoms with Crippen LogP contribution in [0.1, 0.15) is 15.9 Å². The number of anilines is 1. The Labute approximate surface area is 179 Å². The second-order valence-electron chi connectivity index (χ2n) is 6.27. The van der Waals surface area contributed by atoms with E-state index >= 15 is 0 Å². The molecule has 31 heavy (non-hydrogen) atoms. The Balaban J connectivity index is 1.66. The number of benzene rings is 3. The van der Waals surface area contributed by atoms with Gasteiger partial charge in [0.25, 0.3) is 0 Å². The van der Waals surface area contributed by atoms with Gasteiger partial charge >= 0.3 is 16.1 Å². The van der Waals surface area contributed by atoms with Crippen molar-refractivity contribution in [2.24, 2.45) is 5.73 Å². The number of nitrogens with two attached hydrogens (primary N) is 1. The summed E-state index contributed by atoms with van der Waals surface area (Å²) in [6.07, 6.45) is 1.42. The molecule has 0 amide bonds. The van der Waals surface area contributed by atoms with Crippen molar-refractivity contribution >= 4 is 33.8 Å². The van der Waals surface area contributed by atoms with E-state index in [9.17, 15) is 13.2 Å². The highest BCUT2D eigenvalue weighted by molar-refractivity contribution is 7.90. The molecule has 0 aliphatic carbocycles. The second-order valence-corrected chi connectivity index (χ2v) is 7.69. The number of nitrogens with one attached hydrogen (secondary N) is 2. The van der Waals surface area contributed by atoms with Crippen molar-refractivity contribution in [3.8, 4) is 11.5 Å². The minimum absolute atomic E-state index is 0.00372. The van der Waals surface area contributed by atoms with E-state index in [-0.39, 0.29) is 23.0 Å². The van der Waals surface area contributed by atoms with Crippen LogP contribution in [0.25, 0.3) is 6.08 Å². The monoisotopic (exact) mass is 437 g/mol. The van der Waals surface area contributed by atoms with Gasteiger partial charge in [-0.2, -0.15) is 8.42 Å². The first kappa shape index (κ1) is 21.6. The van der Waals surface area contributed by atoms with Crippen molar-refractivity contribution in [2.75, 3.05) is 5.32 Å². The average molecular weight is 437 g/mol. The van der Waals surface area contributed by atoms with E-state index in [1.807, 2.05) is 6.07 Å². The molecule has 8 nitrogen and oxygen atoms in total. The molecule has 3 aromatic carbocycles. The summed E-state index contributed by atoms with van der Waals surface area (Å²) in [5.74, 6) is -0.737. The van der Waals surface area contributed by atoms with Gasteiger partial charge in [0.05, 0.1) is 11.0 Å². The van der Waals surface area contributed by atoms with Crippen LogP contribution >= 0.6 is 0 Å². The number of guanidine groups is 1. The summed E-state index contributed by atoms with van der Waals surface area (Å²) in [5, 5.41) is 10.7. The SMILES string of the molecule is N=C(N)Nc1ccc(C(=O)Oc2cccc(OS(=O)(=O)C=Cc3ccccc3)c2)cc1. The maximum absolute atomic E-state index is 12.3. The fraction of sp³-hybridized carbons (Fsp3) is 0. The Kier molecular flexibility index (Phi) is 6.68. The standard InChI is InChI=1S/C22H19N3O5S/c23-22(24)25-18-11-9-17(10-12-18)21(26)29-19-7-4-8-20(15-19)30-31(27,28)14-13-16-5-2-1-3-6-16/h1-15H,(H4,23,24,25). The summed E-state index contributed by atoms with van der Waals surface area (Å²) in [6, 6.07) is 20.8. The van der Waals surface area contributed by atoms with Crippen LogP contribution in [0.15, 0.2) is 84.3 Å². The van der Waals surface area contributed by atoms with Gasteiger partial charge in [-0.3, -0.25) is 5.41 Å². The predicted octanol–water partition coefficient (Wildman–Crippen LogP) is 3.59. The predicted molar refractivity (Wildman–Crippen MR) is 118 cm³/mol. The van der Waals surface area contributed by atoms with Gasteiger partial charge in [-0.1, -0.05) is 36.4 Å². The van der Waals surface area contributed by atoms with E-state index in [0.29, 0.717) is 11.3 Å². The van der Waals surface area contributed by atoms with Crippen molar-refractivity contribution in [1.82, 2.24) is 0 Å². The quantitative estimate of drug-likeness (QED) is 0.169. The summed E-state index contributed by atoms with van der Waals surface area (Å²) in [7, 11) is -4.00. The summed E-state index contributed by atoms with van der Waals surface area (Å²) >= 11 is 0. The molecule has 3 aromatic rings. The molecule has 0 saturated carbocycles. The molecule has 0 aliphatic rings. The molecule has 0 bridgehead atoms. The topological polar surface area (TPSA) is 132 Å². The first-order chi connectivity index (χ1) is 14.8. The lowest BCUT2D eigenvalue weighted by Gasteiger charge is -2.08. The number of hydrogen-bond donors (Lipinski definition) is 3. The normalized spacial score (nSPS) is 11.1. The van der Waals surface area contributed by atoms with Gasteiger partial charge < -0.3 is 20.0 Å². The molecule has 0 atom stereocenters. The highest BCUT2D eigenvalue weighted by atomic mass is 32.2. The molecule has 0 aliphatic heterocycles. The van der Waals surface area contributed by atoms with Gasteiger partial charge in [0.1, 0.15) is 11.5 Å². The largest absolute Gasteiger partial charge is 0.423 e. The van der Waals surface area contributed by atoms with Crippen molar-refractivity contribution < 1.29 is 22.1 Å². The molecule has 0 heterocycles. The lowest BCUT2D eigenvalue weighted by atomic mass is 10.2. The van der Waals surface area contributed by atoms with Gasteiger partial charge in [0.15, 0.2) is 5.96 Å². The van der Waals surface area contributed by atoms with Gasteiger partial charge in [0.2, 0.25) is 0 Å². The fourth-order valence-electron chi connectivity index (χ4n) is 2.49. The first-order valence-corrected chi connectivity index (χ1v) is 10.5. The lowest BCUT2D eigenvalue weighted by molar-refractivity contribution is 0.0734. The number of ether oxygens (including phenoxy) is 1. The van der Waals surface area contributed by atoms with E-state index in [1.54, 1.807) is 36.4 Å². The van der Waals surface area contributed by atoms with E-state index in [0.717, 1.165) is 5.41 Å². The number of carbonyl (C=O) groups excluding carboxylic acids is 1. The summed E-state index contributed by atoms with van der Waals surface area (Å²) in [6.45, 7) is 0. The summed E-state index contributed by atoms with van der Waals surface area (Å²) in [4.78, 5) is 12.3. The molecule has 4 N–H and O–H groups in total. The molecule has 3 rings (SSSR count). The van der Waals surface area contributed by atoms with Crippen LogP contribution in [0.2, 0.25) is 0 Å². The molecular formula is C22H19N3O5S. The highest BCUT2D eigenvalue weighted by Crippen LogP contribution is 2.22. The van der Waals surface area contributed by atoms with Crippen LogP contribution in [-0.2, 0) is 10.1 Å². The van der Waals surface area contributed by atoms with Crippen LogP contribution in [-0.4, -0.2) is 20.3 Å². The molecule has 0 spiro atoms. The maximum Gasteiger partial charge on any atom is 0.343 e. The molecule has 0 aromatic heterocycles. The zero-order valence-electron chi connectivity index (χ0n) is 16.2. The number of carbonyl (C=O) groups is 1. The second kappa shape index (κ2) is 9.59. The third-order valence-electron chi connectivity index (χ3n) is 3.85. The maximum atomic E-state index is 12.3. The van der Waals surface area contributed by atoms with Crippen molar-refractivity contribution in [3.63, 3.8) is 0 Å². The van der Waals surface area contributed by atoms with Crippen LogP contribution in [0.3, 0.4) is 0 Å². The van der Waals surface area contributed by atoms with E-state index < -0.39 is 16.1 Å². The van der Waals surface area contributed by atoms with E-state index in [4.69, 9.17) is 20.1 Å². The number of hydrogen-bond acceptors (Lipinski definition) is 6. The van der Waals surface area contributed by atoms with Crippen LogP contribution in [0.5, 0.6) is 11.5 Å². The Bertz CT molecular complexity index is 1210. The molecule has 9 heteroatoms. The lowest BCUT2D eigenvalue weighted by Crippen LogP contribution is -2.20. The van der Waals surface area contributed by atoms with Crippen LogP contribution < -0.4 is 20.0 Å². The third-order valence-corrected chi connectivity index (χ3v) is 4.75. The fourth-order valence-corrected chi connectivity index (χ4v) is 3.24. The van der Waals surface area contributed by atoms with Crippen molar-refractivity contribution in [2.45, 2.75) is 0 Å². The summed E-state index contributed by atoms with van der Waals surface area (Å²) in [5.41, 5.74) is 6.77. The minimum Gasteiger partial charge on any atom is -0.423 e. The zero-order chi connectivity index (χ0) is 22.3. The number of esters is 1. The summed E-state index contributed by atoms with van der Waals surface area (Å²) < 4.78 is 34.7. The zero-order valence-corrected chi connectivity index (χ0v) is 17.0.